The van der Waals surface area contributed by atoms with Crippen LogP contribution in [0.3, 0.4) is 0 Å². The topological polar surface area (TPSA) is 85.8 Å². The third-order valence-corrected chi connectivity index (χ3v) is 5.97. The smallest absolute Gasteiger partial charge is 0.268 e. The molecular weight excluding hydrogens is 451 g/mol. The van der Waals surface area contributed by atoms with Gasteiger partial charge in [0.15, 0.2) is 12.6 Å². The molecule has 7 nitrogen and oxygen atoms in total. The van der Waals surface area contributed by atoms with Gasteiger partial charge >= 0.3 is 0 Å². The summed E-state index contributed by atoms with van der Waals surface area (Å²) in [6.07, 6.45) is 5.64. The van der Waals surface area contributed by atoms with E-state index in [4.69, 9.17) is 23.2 Å². The summed E-state index contributed by atoms with van der Waals surface area (Å²) < 4.78 is 2.93. The van der Waals surface area contributed by atoms with Gasteiger partial charge in [0.2, 0.25) is 0 Å². The molecule has 4 aromatic heterocycles. The number of benzene rings is 1. The molecule has 0 bridgehead atoms. The quantitative estimate of drug-likeness (QED) is 0.364. The predicted molar refractivity (Wildman–Crippen MR) is 122 cm³/mol. The van der Waals surface area contributed by atoms with Gasteiger partial charge in [-0.15, -0.1) is 0 Å². The first-order chi connectivity index (χ1) is 15.5. The molecule has 0 unspecified atom stereocenters. The van der Waals surface area contributed by atoms with Crippen molar-refractivity contribution in [2.75, 3.05) is 0 Å². The molecule has 0 fully saturated rings. The molecule has 9 heteroatoms. The van der Waals surface area contributed by atoms with Gasteiger partial charge in [0, 0.05) is 29.7 Å². The molecular formula is C23H12Cl2N4O3. The minimum atomic E-state index is -0.433. The van der Waals surface area contributed by atoms with Crippen molar-refractivity contribution in [1.82, 2.24) is 18.8 Å². The number of halogens is 2. The van der Waals surface area contributed by atoms with Crippen molar-refractivity contribution in [2.24, 2.45) is 0 Å². The van der Waals surface area contributed by atoms with Crippen LogP contribution in [-0.2, 0) is 0 Å². The van der Waals surface area contributed by atoms with E-state index in [1.165, 1.54) is 10.6 Å². The van der Waals surface area contributed by atoms with Crippen LogP contribution in [0.5, 0.6) is 0 Å². The summed E-state index contributed by atoms with van der Waals surface area (Å²) in [5.74, 6) is 0. The second kappa shape index (κ2) is 7.71. The van der Waals surface area contributed by atoms with Crippen LogP contribution in [0.1, 0.15) is 20.8 Å². The Morgan fingerprint density at radius 2 is 1.50 bits per heavy atom. The standard InChI is InChI=1S/C23H12Cl2N4O3/c24-21-16(13-5-7-29-19(8-13)26-10-15(11-30)23(29)32)2-1-3-17(21)14-4-6-28-20(9-14)27-18(12-31)22(28)25/h1-12H. The molecule has 0 aliphatic rings. The third-order valence-electron chi connectivity index (χ3n) is 5.19. The molecule has 0 atom stereocenters. The van der Waals surface area contributed by atoms with E-state index in [1.807, 2.05) is 24.3 Å². The number of hydrogen-bond acceptors (Lipinski definition) is 5. The van der Waals surface area contributed by atoms with Gasteiger partial charge in [0.25, 0.3) is 5.56 Å². The minimum absolute atomic E-state index is 0.0116. The van der Waals surface area contributed by atoms with Crippen LogP contribution >= 0.6 is 23.2 Å². The summed E-state index contributed by atoms with van der Waals surface area (Å²) in [6, 6.07) is 12.7. The molecule has 0 saturated heterocycles. The molecule has 1 aromatic carbocycles. The fraction of sp³-hybridized carbons (Fsp3) is 0. The largest absolute Gasteiger partial charge is 0.298 e. The first kappa shape index (κ1) is 20.1. The SMILES string of the molecule is O=Cc1nc2cc(-c3cccc(-c4ccn5c(=O)c(C=O)cnc5c4)c3Cl)ccn2c1Cl. The van der Waals surface area contributed by atoms with Crippen molar-refractivity contribution in [3.63, 3.8) is 0 Å². The maximum absolute atomic E-state index is 12.3. The molecule has 156 valence electrons. The zero-order valence-corrected chi connectivity index (χ0v) is 17.7. The summed E-state index contributed by atoms with van der Waals surface area (Å²) in [4.78, 5) is 42.9. The van der Waals surface area contributed by atoms with Crippen LogP contribution in [0.15, 0.2) is 65.8 Å². The minimum Gasteiger partial charge on any atom is -0.298 e. The van der Waals surface area contributed by atoms with Gasteiger partial charge in [0.05, 0.1) is 10.6 Å². The lowest BCUT2D eigenvalue weighted by Crippen LogP contribution is -2.18. The van der Waals surface area contributed by atoms with E-state index in [-0.39, 0.29) is 16.4 Å². The van der Waals surface area contributed by atoms with Crippen LogP contribution in [0.4, 0.5) is 0 Å². The number of hydrogen-bond donors (Lipinski definition) is 0. The number of nitrogens with zero attached hydrogens (tertiary/aromatic N) is 4. The maximum atomic E-state index is 12.3. The third kappa shape index (κ3) is 3.10. The summed E-state index contributed by atoms with van der Waals surface area (Å²) in [7, 11) is 0. The van der Waals surface area contributed by atoms with Crippen LogP contribution in [0.2, 0.25) is 10.2 Å². The van der Waals surface area contributed by atoms with E-state index in [2.05, 4.69) is 9.97 Å². The van der Waals surface area contributed by atoms with E-state index in [9.17, 15) is 14.4 Å². The molecule has 5 rings (SSSR count). The Morgan fingerprint density at radius 1 is 0.844 bits per heavy atom. The number of aldehydes is 2. The Bertz CT molecular complexity index is 1620. The Morgan fingerprint density at radius 3 is 2.16 bits per heavy atom. The highest BCUT2D eigenvalue weighted by atomic mass is 35.5. The van der Waals surface area contributed by atoms with Gasteiger partial charge in [0.1, 0.15) is 22.1 Å². The zero-order chi connectivity index (χ0) is 22.4. The summed E-state index contributed by atoms with van der Waals surface area (Å²) >= 11 is 12.9. The number of imidazole rings is 1. The normalized spacial score (nSPS) is 11.2. The van der Waals surface area contributed by atoms with E-state index in [0.29, 0.717) is 28.9 Å². The number of fused-ring (bicyclic) bond motifs is 2. The van der Waals surface area contributed by atoms with E-state index >= 15 is 0 Å². The summed E-state index contributed by atoms with van der Waals surface area (Å²) in [6.45, 7) is 0. The maximum Gasteiger partial charge on any atom is 0.268 e. The molecule has 0 aliphatic carbocycles. The first-order valence-electron chi connectivity index (χ1n) is 9.40. The van der Waals surface area contributed by atoms with Gasteiger partial charge in [-0.2, -0.15) is 0 Å². The van der Waals surface area contributed by atoms with Crippen LogP contribution in [0.25, 0.3) is 33.5 Å². The predicted octanol–water partition coefficient (Wildman–Crippen LogP) is 4.61. The van der Waals surface area contributed by atoms with Crippen molar-refractivity contribution in [2.45, 2.75) is 0 Å². The molecule has 4 heterocycles. The Labute approximate surface area is 190 Å². The number of rotatable bonds is 4. The Balaban J connectivity index is 1.64. The zero-order valence-electron chi connectivity index (χ0n) is 16.2. The Kier molecular flexibility index (Phi) is 4.84. The highest BCUT2D eigenvalue weighted by Crippen LogP contribution is 2.37. The van der Waals surface area contributed by atoms with Gasteiger partial charge in [-0.3, -0.25) is 23.2 Å². The lowest BCUT2D eigenvalue weighted by Gasteiger charge is -2.11. The van der Waals surface area contributed by atoms with Crippen molar-refractivity contribution < 1.29 is 9.59 Å². The van der Waals surface area contributed by atoms with Crippen molar-refractivity contribution in [3.05, 3.63) is 92.8 Å². The molecule has 0 N–H and O–H groups in total. The van der Waals surface area contributed by atoms with Crippen molar-refractivity contribution >= 4 is 47.1 Å². The molecule has 5 aromatic rings. The highest BCUT2D eigenvalue weighted by Gasteiger charge is 2.14. The van der Waals surface area contributed by atoms with E-state index in [0.717, 1.165) is 22.3 Å². The number of carbonyl (C=O) groups excluding carboxylic acids is 2. The number of aromatic nitrogens is 4. The molecule has 0 amide bonds. The van der Waals surface area contributed by atoms with Crippen LogP contribution in [-0.4, -0.2) is 31.3 Å². The van der Waals surface area contributed by atoms with Gasteiger partial charge in [-0.1, -0.05) is 41.4 Å². The van der Waals surface area contributed by atoms with Crippen LogP contribution < -0.4 is 5.56 Å². The molecule has 32 heavy (non-hydrogen) atoms. The molecule has 0 aliphatic heterocycles. The fourth-order valence-electron chi connectivity index (χ4n) is 3.59. The summed E-state index contributed by atoms with van der Waals surface area (Å²) in [5, 5.41) is 0.749. The van der Waals surface area contributed by atoms with E-state index in [1.54, 1.807) is 35.0 Å². The Hall–Kier alpha value is -3.81. The second-order valence-electron chi connectivity index (χ2n) is 7.00. The molecule has 0 spiro atoms. The van der Waals surface area contributed by atoms with Gasteiger partial charge in [-0.25, -0.2) is 9.97 Å². The van der Waals surface area contributed by atoms with Crippen molar-refractivity contribution in [3.8, 4) is 22.3 Å². The lowest BCUT2D eigenvalue weighted by atomic mass is 10.00. The average Bonchev–Trinajstić information content (AvgIpc) is 3.14. The fourth-order valence-corrected chi connectivity index (χ4v) is 4.16. The summed E-state index contributed by atoms with van der Waals surface area (Å²) in [5.41, 5.74) is 3.71. The van der Waals surface area contributed by atoms with E-state index < -0.39 is 5.56 Å². The average molecular weight is 463 g/mol. The molecule has 0 radical (unpaired) electrons. The van der Waals surface area contributed by atoms with Gasteiger partial charge in [-0.05, 0) is 35.4 Å². The lowest BCUT2D eigenvalue weighted by molar-refractivity contribution is 0.111. The first-order valence-corrected chi connectivity index (χ1v) is 10.2. The van der Waals surface area contributed by atoms with Crippen LogP contribution in [0, 0.1) is 0 Å². The monoisotopic (exact) mass is 462 g/mol. The number of carbonyl (C=O) groups is 2. The molecule has 0 saturated carbocycles. The van der Waals surface area contributed by atoms with Gasteiger partial charge < -0.3 is 0 Å². The van der Waals surface area contributed by atoms with Crippen molar-refractivity contribution in [1.29, 1.82) is 0 Å². The number of pyridine rings is 2. The highest BCUT2D eigenvalue weighted by molar-refractivity contribution is 6.36. The second-order valence-corrected chi connectivity index (χ2v) is 7.73.